The molecule has 0 aromatic carbocycles. The summed E-state index contributed by atoms with van der Waals surface area (Å²) in [6.45, 7) is 6.04. The highest BCUT2D eigenvalue weighted by atomic mass is 16.5. The van der Waals surface area contributed by atoms with Gasteiger partial charge in [0.2, 0.25) is 0 Å². The SMILES string of the molecule is CO[C@@H]1CCCN(c2ncnc(N3CCC[C@H](OC)C3)c2C)C1. The van der Waals surface area contributed by atoms with E-state index in [1.807, 2.05) is 0 Å². The number of ether oxygens (including phenoxy) is 2. The molecule has 0 amide bonds. The molecule has 0 N–H and O–H groups in total. The Bertz CT molecular complexity index is 483. The van der Waals surface area contributed by atoms with Crippen LogP contribution in [0.1, 0.15) is 31.2 Å². The molecule has 23 heavy (non-hydrogen) atoms. The summed E-state index contributed by atoms with van der Waals surface area (Å²) >= 11 is 0. The zero-order valence-electron chi connectivity index (χ0n) is 14.5. The molecule has 3 rings (SSSR count). The fourth-order valence-corrected chi connectivity index (χ4v) is 3.72. The summed E-state index contributed by atoms with van der Waals surface area (Å²) in [7, 11) is 3.59. The van der Waals surface area contributed by atoms with Gasteiger partial charge in [0.15, 0.2) is 0 Å². The first-order chi connectivity index (χ1) is 11.2. The first kappa shape index (κ1) is 16.5. The smallest absolute Gasteiger partial charge is 0.137 e. The number of hydrogen-bond acceptors (Lipinski definition) is 6. The molecular weight excluding hydrogens is 292 g/mol. The van der Waals surface area contributed by atoms with Crippen LogP contribution >= 0.6 is 0 Å². The van der Waals surface area contributed by atoms with E-state index in [9.17, 15) is 0 Å². The van der Waals surface area contributed by atoms with Crippen LogP contribution in [0, 0.1) is 6.92 Å². The van der Waals surface area contributed by atoms with Crippen molar-refractivity contribution in [1.29, 1.82) is 0 Å². The second kappa shape index (κ2) is 7.45. The van der Waals surface area contributed by atoms with E-state index in [2.05, 4.69) is 26.7 Å². The highest BCUT2D eigenvalue weighted by molar-refractivity contribution is 5.59. The first-order valence-corrected chi connectivity index (χ1v) is 8.60. The topological polar surface area (TPSA) is 50.7 Å². The zero-order valence-corrected chi connectivity index (χ0v) is 14.5. The first-order valence-electron chi connectivity index (χ1n) is 8.60. The Kier molecular flexibility index (Phi) is 5.33. The van der Waals surface area contributed by atoms with Crippen LogP contribution in [0.15, 0.2) is 6.33 Å². The van der Waals surface area contributed by atoms with Gasteiger partial charge in [-0.25, -0.2) is 9.97 Å². The molecule has 2 saturated heterocycles. The van der Waals surface area contributed by atoms with Crippen molar-refractivity contribution in [3.05, 3.63) is 11.9 Å². The van der Waals surface area contributed by atoms with E-state index in [1.165, 1.54) is 5.56 Å². The minimum atomic E-state index is 0.300. The lowest BCUT2D eigenvalue weighted by molar-refractivity contribution is 0.0888. The lowest BCUT2D eigenvalue weighted by Gasteiger charge is -2.36. The van der Waals surface area contributed by atoms with Crippen LogP contribution in [0.4, 0.5) is 11.6 Å². The van der Waals surface area contributed by atoms with Crippen LogP contribution < -0.4 is 9.80 Å². The highest BCUT2D eigenvalue weighted by Gasteiger charge is 2.26. The van der Waals surface area contributed by atoms with E-state index in [4.69, 9.17) is 9.47 Å². The molecule has 0 spiro atoms. The van der Waals surface area contributed by atoms with Crippen molar-refractivity contribution >= 4 is 11.6 Å². The zero-order chi connectivity index (χ0) is 16.2. The van der Waals surface area contributed by atoms with Crippen LogP contribution in [0.25, 0.3) is 0 Å². The lowest BCUT2D eigenvalue weighted by atomic mass is 10.1. The van der Waals surface area contributed by atoms with Gasteiger partial charge in [-0.15, -0.1) is 0 Å². The molecule has 0 saturated carbocycles. The molecule has 2 aliphatic rings. The van der Waals surface area contributed by atoms with Crippen molar-refractivity contribution < 1.29 is 9.47 Å². The van der Waals surface area contributed by atoms with Gasteiger partial charge in [-0.3, -0.25) is 0 Å². The van der Waals surface area contributed by atoms with Gasteiger partial charge in [0, 0.05) is 46.0 Å². The molecule has 2 atom stereocenters. The summed E-state index contributed by atoms with van der Waals surface area (Å²) in [4.78, 5) is 13.8. The third kappa shape index (κ3) is 3.58. The molecule has 0 bridgehead atoms. The Morgan fingerprint density at radius 2 is 1.39 bits per heavy atom. The minimum Gasteiger partial charge on any atom is -0.380 e. The van der Waals surface area contributed by atoms with Crippen LogP contribution in [-0.2, 0) is 9.47 Å². The van der Waals surface area contributed by atoms with Gasteiger partial charge in [0.1, 0.15) is 18.0 Å². The summed E-state index contributed by atoms with van der Waals surface area (Å²) in [5.41, 5.74) is 1.17. The summed E-state index contributed by atoms with van der Waals surface area (Å²) in [6, 6.07) is 0. The van der Waals surface area contributed by atoms with Crippen LogP contribution in [-0.4, -0.2) is 62.6 Å². The van der Waals surface area contributed by atoms with E-state index in [-0.39, 0.29) is 0 Å². The van der Waals surface area contributed by atoms with Crippen molar-refractivity contribution in [2.45, 2.75) is 44.8 Å². The molecule has 6 nitrogen and oxygen atoms in total. The van der Waals surface area contributed by atoms with Gasteiger partial charge in [-0.1, -0.05) is 0 Å². The summed E-state index contributed by atoms with van der Waals surface area (Å²) in [5.74, 6) is 2.10. The molecule has 0 radical (unpaired) electrons. The maximum atomic E-state index is 5.55. The van der Waals surface area contributed by atoms with Crippen molar-refractivity contribution in [3.63, 3.8) is 0 Å². The van der Waals surface area contributed by atoms with Crippen molar-refractivity contribution in [2.75, 3.05) is 50.2 Å². The number of nitrogens with zero attached hydrogens (tertiary/aromatic N) is 4. The molecule has 1 aromatic heterocycles. The molecular formula is C17H28N4O2. The van der Waals surface area contributed by atoms with E-state index < -0.39 is 0 Å². The Labute approximate surface area is 138 Å². The van der Waals surface area contributed by atoms with Gasteiger partial charge < -0.3 is 19.3 Å². The maximum absolute atomic E-state index is 5.55. The third-order valence-electron chi connectivity index (χ3n) is 5.05. The van der Waals surface area contributed by atoms with Crippen molar-refractivity contribution in [2.24, 2.45) is 0 Å². The summed E-state index contributed by atoms with van der Waals surface area (Å²) in [5, 5.41) is 0. The maximum Gasteiger partial charge on any atom is 0.137 e. The lowest BCUT2D eigenvalue weighted by Crippen LogP contribution is -2.42. The normalized spacial score (nSPS) is 25.7. The van der Waals surface area contributed by atoms with Crippen LogP contribution in [0.5, 0.6) is 0 Å². The number of aromatic nitrogens is 2. The van der Waals surface area contributed by atoms with Crippen LogP contribution in [0.3, 0.4) is 0 Å². The van der Waals surface area contributed by atoms with Gasteiger partial charge >= 0.3 is 0 Å². The minimum absolute atomic E-state index is 0.300. The predicted molar refractivity (Wildman–Crippen MR) is 91.3 cm³/mol. The van der Waals surface area contributed by atoms with Gasteiger partial charge in [-0.2, -0.15) is 0 Å². The van der Waals surface area contributed by atoms with Crippen molar-refractivity contribution in [1.82, 2.24) is 9.97 Å². The molecule has 6 heteroatoms. The van der Waals surface area contributed by atoms with Gasteiger partial charge in [0.25, 0.3) is 0 Å². The second-order valence-electron chi connectivity index (χ2n) is 6.54. The Hall–Kier alpha value is -1.40. The number of anilines is 2. The molecule has 2 aliphatic heterocycles. The predicted octanol–water partition coefficient (Wildman–Crippen LogP) is 2.02. The second-order valence-corrected chi connectivity index (χ2v) is 6.54. The third-order valence-corrected chi connectivity index (χ3v) is 5.05. The van der Waals surface area contributed by atoms with E-state index in [0.717, 1.165) is 63.5 Å². The Balaban J connectivity index is 1.80. The molecule has 128 valence electrons. The standard InChI is InChI=1S/C17H28N4O2/c1-13-16(20-8-4-6-14(10-20)22-2)18-12-19-17(13)21-9-5-7-15(11-21)23-3/h12,14-15H,4-11H2,1-3H3/t14-,15+. The summed E-state index contributed by atoms with van der Waals surface area (Å²) < 4.78 is 11.1. The van der Waals surface area contributed by atoms with E-state index in [1.54, 1.807) is 20.5 Å². The molecule has 2 fully saturated rings. The number of hydrogen-bond donors (Lipinski definition) is 0. The van der Waals surface area contributed by atoms with Gasteiger partial charge in [-0.05, 0) is 32.6 Å². The van der Waals surface area contributed by atoms with E-state index in [0.29, 0.717) is 12.2 Å². The van der Waals surface area contributed by atoms with Crippen LogP contribution in [0.2, 0.25) is 0 Å². The average Bonchev–Trinajstić information content (AvgIpc) is 2.62. The number of methoxy groups -OCH3 is 2. The molecule has 1 aromatic rings. The largest absolute Gasteiger partial charge is 0.380 e. The quantitative estimate of drug-likeness (QED) is 0.846. The van der Waals surface area contributed by atoms with Crippen molar-refractivity contribution in [3.8, 4) is 0 Å². The Morgan fingerprint density at radius 1 is 0.913 bits per heavy atom. The Morgan fingerprint density at radius 3 is 1.83 bits per heavy atom. The average molecular weight is 320 g/mol. The number of rotatable bonds is 4. The summed E-state index contributed by atoms with van der Waals surface area (Å²) in [6.07, 6.45) is 6.85. The van der Waals surface area contributed by atoms with E-state index >= 15 is 0 Å². The monoisotopic (exact) mass is 320 g/mol. The molecule has 0 unspecified atom stereocenters. The fourth-order valence-electron chi connectivity index (χ4n) is 3.72. The highest BCUT2D eigenvalue weighted by Crippen LogP contribution is 2.29. The number of piperidine rings is 2. The molecule has 3 heterocycles. The fraction of sp³-hybridized carbons (Fsp3) is 0.765. The molecule has 0 aliphatic carbocycles. The van der Waals surface area contributed by atoms with Gasteiger partial charge in [0.05, 0.1) is 12.2 Å².